The monoisotopic (exact) mass is 496 g/mol. The molecular weight excluding hydrogens is 476 g/mol. The molecule has 0 unspecified atom stereocenters. The molecule has 12 heteroatoms. The number of rotatable bonds is 7. The molecule has 10 nitrogen and oxygen atoms in total. The lowest BCUT2D eigenvalue weighted by Crippen LogP contribution is -2.27. The van der Waals surface area contributed by atoms with E-state index in [0.717, 1.165) is 35.1 Å². The van der Waals surface area contributed by atoms with Gasteiger partial charge in [-0.05, 0) is 25.0 Å². The van der Waals surface area contributed by atoms with Gasteiger partial charge in [0.15, 0.2) is 4.96 Å². The first-order chi connectivity index (χ1) is 16.4. The van der Waals surface area contributed by atoms with Crippen LogP contribution in [0, 0.1) is 10.1 Å². The van der Waals surface area contributed by atoms with Crippen LogP contribution in [0.4, 0.5) is 11.4 Å². The van der Waals surface area contributed by atoms with Crippen molar-refractivity contribution in [2.45, 2.75) is 17.7 Å². The summed E-state index contributed by atoms with van der Waals surface area (Å²) >= 11 is 1.49. The lowest BCUT2D eigenvalue weighted by Gasteiger charge is -2.15. The number of benzene rings is 2. The summed E-state index contributed by atoms with van der Waals surface area (Å²) in [6.07, 6.45) is 4.99. The van der Waals surface area contributed by atoms with Gasteiger partial charge in [0.05, 0.1) is 27.4 Å². The zero-order valence-corrected chi connectivity index (χ0v) is 19.5. The molecule has 5 rings (SSSR count). The molecule has 4 aromatic rings. The Bertz CT molecular complexity index is 1490. The van der Waals surface area contributed by atoms with E-state index in [2.05, 4.69) is 15.5 Å². The Balaban J connectivity index is 1.46. The average molecular weight is 497 g/mol. The maximum Gasteiger partial charge on any atom is 0.295 e. The Morgan fingerprint density at radius 3 is 2.65 bits per heavy atom. The first-order valence-electron chi connectivity index (χ1n) is 10.5. The number of hydrogen-bond donors (Lipinski definition) is 1. The second-order valence-corrected chi connectivity index (χ2v) is 10.5. The molecule has 0 saturated carbocycles. The van der Waals surface area contributed by atoms with Gasteiger partial charge >= 0.3 is 0 Å². The minimum Gasteiger partial charge on any atom is -0.289 e. The predicted octanol–water partition coefficient (Wildman–Crippen LogP) is 4.20. The molecule has 3 heterocycles. The second-order valence-electron chi connectivity index (χ2n) is 7.68. The van der Waals surface area contributed by atoms with Crippen LogP contribution < -0.4 is 5.43 Å². The van der Waals surface area contributed by atoms with E-state index in [-0.39, 0.29) is 16.3 Å². The van der Waals surface area contributed by atoms with Gasteiger partial charge in [-0.1, -0.05) is 30.3 Å². The number of nitro benzene ring substituents is 1. The molecule has 0 atom stereocenters. The molecule has 0 radical (unpaired) electrons. The third-order valence-corrected chi connectivity index (χ3v) is 8.24. The highest BCUT2D eigenvalue weighted by Gasteiger charge is 2.29. The van der Waals surface area contributed by atoms with Crippen molar-refractivity contribution < 1.29 is 13.3 Å². The van der Waals surface area contributed by atoms with Crippen LogP contribution in [-0.2, 0) is 10.0 Å². The Morgan fingerprint density at radius 2 is 1.91 bits per heavy atom. The molecule has 0 spiro atoms. The predicted molar refractivity (Wildman–Crippen MR) is 131 cm³/mol. The van der Waals surface area contributed by atoms with Gasteiger partial charge in [0.25, 0.3) is 5.69 Å². The van der Waals surface area contributed by atoms with Crippen molar-refractivity contribution in [1.29, 1.82) is 0 Å². The fourth-order valence-corrected chi connectivity index (χ4v) is 6.15. The van der Waals surface area contributed by atoms with Gasteiger partial charge in [-0.25, -0.2) is 13.4 Å². The van der Waals surface area contributed by atoms with Crippen LogP contribution in [-0.4, -0.2) is 46.3 Å². The number of hydrogen-bond acceptors (Lipinski definition) is 8. The van der Waals surface area contributed by atoms with Gasteiger partial charge in [0.2, 0.25) is 10.0 Å². The van der Waals surface area contributed by atoms with Crippen LogP contribution >= 0.6 is 11.3 Å². The Kier molecular flexibility index (Phi) is 5.86. The second kappa shape index (κ2) is 8.97. The number of fused-ring (bicyclic) bond motifs is 1. The van der Waals surface area contributed by atoms with Crippen molar-refractivity contribution in [2.24, 2.45) is 5.10 Å². The van der Waals surface area contributed by atoms with Crippen LogP contribution in [0.5, 0.6) is 0 Å². The van der Waals surface area contributed by atoms with E-state index in [1.165, 1.54) is 27.8 Å². The molecule has 0 aliphatic carbocycles. The van der Waals surface area contributed by atoms with Crippen molar-refractivity contribution in [3.8, 4) is 11.3 Å². The van der Waals surface area contributed by atoms with E-state index < -0.39 is 14.9 Å². The van der Waals surface area contributed by atoms with Crippen LogP contribution in [0.2, 0.25) is 0 Å². The molecular formula is C22H20N6O4S2. The van der Waals surface area contributed by atoms with Crippen molar-refractivity contribution >= 4 is 43.9 Å². The zero-order chi connectivity index (χ0) is 23.7. The van der Waals surface area contributed by atoms with E-state index in [4.69, 9.17) is 0 Å². The zero-order valence-electron chi connectivity index (χ0n) is 17.9. The highest BCUT2D eigenvalue weighted by molar-refractivity contribution is 7.89. The molecule has 1 N–H and O–H groups in total. The summed E-state index contributed by atoms with van der Waals surface area (Å²) < 4.78 is 28.9. The Morgan fingerprint density at radius 1 is 1.15 bits per heavy atom. The molecule has 0 bridgehead atoms. The Labute approximate surface area is 199 Å². The van der Waals surface area contributed by atoms with Gasteiger partial charge in [-0.2, -0.15) is 9.41 Å². The molecule has 1 fully saturated rings. The summed E-state index contributed by atoms with van der Waals surface area (Å²) in [5, 5.41) is 17.8. The maximum absolute atomic E-state index is 12.8. The van der Waals surface area contributed by atoms with Gasteiger partial charge in [0, 0.05) is 36.3 Å². The van der Waals surface area contributed by atoms with Gasteiger partial charge < -0.3 is 0 Å². The van der Waals surface area contributed by atoms with Crippen LogP contribution in [0.1, 0.15) is 18.5 Å². The molecule has 1 saturated heterocycles. The minimum atomic E-state index is -3.77. The van der Waals surface area contributed by atoms with Crippen molar-refractivity contribution in [3.05, 3.63) is 75.9 Å². The molecule has 0 amide bonds. The summed E-state index contributed by atoms with van der Waals surface area (Å²) in [5.74, 6) is 0. The number of nitro groups is 1. The van der Waals surface area contributed by atoms with Crippen molar-refractivity contribution in [1.82, 2.24) is 13.7 Å². The molecule has 2 aromatic carbocycles. The van der Waals surface area contributed by atoms with E-state index in [1.54, 1.807) is 6.21 Å². The lowest BCUT2D eigenvalue weighted by atomic mass is 10.1. The van der Waals surface area contributed by atoms with E-state index in [1.807, 2.05) is 46.3 Å². The summed E-state index contributed by atoms with van der Waals surface area (Å²) in [6.45, 7) is 0.846. The van der Waals surface area contributed by atoms with Gasteiger partial charge in [-0.15, -0.1) is 11.3 Å². The molecule has 1 aliphatic rings. The number of imidazole rings is 1. The number of sulfonamides is 1. The first-order valence-corrected chi connectivity index (χ1v) is 12.9. The van der Waals surface area contributed by atoms with Gasteiger partial charge in [-0.3, -0.25) is 19.9 Å². The molecule has 2 aromatic heterocycles. The Hall–Kier alpha value is -3.61. The lowest BCUT2D eigenvalue weighted by molar-refractivity contribution is -0.384. The SMILES string of the molecule is O=[N+]([O-])c1cc(S(=O)(=O)N2CCCC2)ccc1N/N=C/c1c(-c2ccccc2)nc2sccn12. The summed E-state index contributed by atoms with van der Waals surface area (Å²) in [7, 11) is -3.77. The summed E-state index contributed by atoms with van der Waals surface area (Å²) in [5.41, 5.74) is 4.79. The maximum atomic E-state index is 12.8. The third kappa shape index (κ3) is 4.06. The summed E-state index contributed by atoms with van der Waals surface area (Å²) in [6, 6.07) is 13.5. The number of nitrogens with zero attached hydrogens (tertiary/aromatic N) is 5. The van der Waals surface area contributed by atoms with E-state index in [9.17, 15) is 18.5 Å². The minimum absolute atomic E-state index is 0.0916. The standard InChI is InChI=1S/C22H20N6O4S2/c29-28(30)19-14-17(34(31,32)26-10-4-5-11-26)8-9-18(19)25-23-15-20-21(16-6-2-1-3-7-16)24-22-27(20)12-13-33-22/h1-3,6-9,12-15,25H,4-5,10-11H2/b23-15+. The number of anilines is 1. The third-order valence-electron chi connectivity index (χ3n) is 5.59. The quantitative estimate of drug-likeness (QED) is 0.232. The fourth-order valence-electron chi connectivity index (χ4n) is 3.89. The topological polar surface area (TPSA) is 122 Å². The highest BCUT2D eigenvalue weighted by Crippen LogP contribution is 2.30. The van der Waals surface area contributed by atoms with Crippen molar-refractivity contribution in [3.63, 3.8) is 0 Å². The van der Waals surface area contributed by atoms with Crippen LogP contribution in [0.25, 0.3) is 16.2 Å². The van der Waals surface area contributed by atoms with Crippen LogP contribution in [0.3, 0.4) is 0 Å². The summed E-state index contributed by atoms with van der Waals surface area (Å²) in [4.78, 5) is 16.4. The smallest absolute Gasteiger partial charge is 0.289 e. The van der Waals surface area contributed by atoms with E-state index >= 15 is 0 Å². The number of thiazole rings is 1. The number of hydrazone groups is 1. The average Bonchev–Trinajstić information content (AvgIpc) is 3.59. The fraction of sp³-hybridized carbons (Fsp3) is 0.182. The highest BCUT2D eigenvalue weighted by atomic mass is 32.2. The normalized spacial score (nSPS) is 14.8. The van der Waals surface area contributed by atoms with E-state index in [0.29, 0.717) is 18.8 Å². The molecule has 34 heavy (non-hydrogen) atoms. The largest absolute Gasteiger partial charge is 0.295 e. The number of aromatic nitrogens is 2. The number of nitrogens with one attached hydrogen (secondary N) is 1. The van der Waals surface area contributed by atoms with Crippen LogP contribution in [0.15, 0.2) is 70.1 Å². The molecule has 1 aliphatic heterocycles. The van der Waals surface area contributed by atoms with Gasteiger partial charge in [0.1, 0.15) is 5.69 Å². The molecule has 174 valence electrons. The van der Waals surface area contributed by atoms with Crippen molar-refractivity contribution in [2.75, 3.05) is 18.5 Å². The first kappa shape index (κ1) is 22.2.